The lowest BCUT2D eigenvalue weighted by atomic mass is 10.1. The van der Waals surface area contributed by atoms with Crippen LogP contribution in [0.4, 0.5) is 0 Å². The van der Waals surface area contributed by atoms with Crippen molar-refractivity contribution in [1.82, 2.24) is 5.32 Å². The molecule has 4 heteroatoms. The van der Waals surface area contributed by atoms with Crippen molar-refractivity contribution in [2.45, 2.75) is 12.8 Å². The summed E-state index contributed by atoms with van der Waals surface area (Å²) in [7, 11) is 0. The number of amides is 1. The number of carbonyl (C=O) groups is 1. The van der Waals surface area contributed by atoms with E-state index in [4.69, 9.17) is 16.9 Å². The third-order valence-electron chi connectivity index (χ3n) is 1.94. The molecule has 0 saturated carbocycles. The first-order chi connectivity index (χ1) is 7.24. The normalized spacial score (nSPS) is 9.33. The Labute approximate surface area is 93.7 Å². The van der Waals surface area contributed by atoms with E-state index in [1.54, 1.807) is 6.07 Å². The van der Waals surface area contributed by atoms with Gasteiger partial charge < -0.3 is 5.32 Å². The van der Waals surface area contributed by atoms with Crippen molar-refractivity contribution in [2.75, 3.05) is 6.54 Å². The Hall–Kier alpha value is -1.53. The lowest BCUT2D eigenvalue weighted by Crippen LogP contribution is -2.23. The number of hydrogen-bond donors (Lipinski definition) is 1. The monoisotopic (exact) mass is 222 g/mol. The van der Waals surface area contributed by atoms with Gasteiger partial charge in [-0.05, 0) is 18.1 Å². The predicted octanol–water partition coefficient (Wildman–Crippen LogP) is 1.91. The second-order valence-corrected chi connectivity index (χ2v) is 3.43. The maximum Gasteiger partial charge on any atom is 0.221 e. The summed E-state index contributed by atoms with van der Waals surface area (Å²) in [6.45, 7) is 0.0569. The highest BCUT2D eigenvalue weighted by atomic mass is 35.5. The smallest absolute Gasteiger partial charge is 0.221 e. The molecule has 1 rings (SSSR count). The van der Waals surface area contributed by atoms with Gasteiger partial charge in [0.1, 0.15) is 6.54 Å². The van der Waals surface area contributed by atoms with Gasteiger partial charge in [-0.3, -0.25) is 4.79 Å². The lowest BCUT2D eigenvalue weighted by molar-refractivity contribution is -0.120. The highest BCUT2D eigenvalue weighted by Gasteiger charge is 2.03. The Morgan fingerprint density at radius 1 is 1.47 bits per heavy atom. The Morgan fingerprint density at radius 3 is 2.87 bits per heavy atom. The number of nitrogens with one attached hydrogen (secondary N) is 1. The molecule has 1 aromatic carbocycles. The summed E-state index contributed by atoms with van der Waals surface area (Å²) in [5.41, 5.74) is 0.950. The first-order valence-corrected chi connectivity index (χ1v) is 4.99. The van der Waals surface area contributed by atoms with Crippen molar-refractivity contribution < 1.29 is 4.79 Å². The van der Waals surface area contributed by atoms with Gasteiger partial charge in [0, 0.05) is 11.4 Å². The second-order valence-electron chi connectivity index (χ2n) is 3.03. The van der Waals surface area contributed by atoms with E-state index in [1.165, 1.54) is 0 Å². The molecule has 0 spiro atoms. The van der Waals surface area contributed by atoms with Gasteiger partial charge in [-0.25, -0.2) is 0 Å². The molecule has 0 aliphatic heterocycles. The third kappa shape index (κ3) is 4.01. The van der Waals surface area contributed by atoms with Crippen LogP contribution in [0.3, 0.4) is 0 Å². The van der Waals surface area contributed by atoms with E-state index in [0.717, 1.165) is 5.56 Å². The molecule has 0 fully saturated rings. The number of benzene rings is 1. The summed E-state index contributed by atoms with van der Waals surface area (Å²) >= 11 is 5.93. The molecule has 0 atom stereocenters. The van der Waals surface area contributed by atoms with Crippen molar-refractivity contribution in [2.24, 2.45) is 0 Å². The Bertz CT molecular complexity index is 384. The molecule has 0 aliphatic carbocycles. The summed E-state index contributed by atoms with van der Waals surface area (Å²) in [5.74, 6) is -0.128. The van der Waals surface area contributed by atoms with Crippen molar-refractivity contribution in [1.29, 1.82) is 5.26 Å². The quantitative estimate of drug-likeness (QED) is 0.792. The molecule has 0 saturated heterocycles. The molecule has 78 valence electrons. The Balaban J connectivity index is 2.41. The van der Waals surface area contributed by atoms with Gasteiger partial charge in [0.05, 0.1) is 6.07 Å². The minimum Gasteiger partial charge on any atom is -0.343 e. The number of carbonyl (C=O) groups excluding carboxylic acids is 1. The van der Waals surface area contributed by atoms with Crippen molar-refractivity contribution in [3.05, 3.63) is 34.9 Å². The summed E-state index contributed by atoms with van der Waals surface area (Å²) in [6, 6.07) is 9.27. The predicted molar refractivity (Wildman–Crippen MR) is 58.4 cm³/mol. The Morgan fingerprint density at radius 2 is 2.20 bits per heavy atom. The van der Waals surface area contributed by atoms with E-state index < -0.39 is 0 Å². The molecule has 0 radical (unpaired) electrons. The fourth-order valence-electron chi connectivity index (χ4n) is 1.18. The lowest BCUT2D eigenvalue weighted by Gasteiger charge is -2.03. The van der Waals surface area contributed by atoms with Crippen LogP contribution in [0.5, 0.6) is 0 Å². The zero-order valence-electron chi connectivity index (χ0n) is 8.16. The number of halogens is 1. The topological polar surface area (TPSA) is 52.9 Å². The second kappa shape index (κ2) is 6.05. The van der Waals surface area contributed by atoms with E-state index in [-0.39, 0.29) is 12.5 Å². The number of hydrogen-bond acceptors (Lipinski definition) is 2. The molecule has 0 aliphatic rings. The van der Waals surface area contributed by atoms with E-state index in [2.05, 4.69) is 5.32 Å². The fraction of sp³-hybridized carbons (Fsp3) is 0.273. The molecular formula is C11H11ClN2O. The van der Waals surface area contributed by atoms with Crippen molar-refractivity contribution in [3.63, 3.8) is 0 Å². The highest BCUT2D eigenvalue weighted by molar-refractivity contribution is 6.31. The molecule has 1 amide bonds. The number of rotatable bonds is 4. The minimum absolute atomic E-state index is 0.0569. The average Bonchev–Trinajstić information content (AvgIpc) is 2.25. The molecule has 15 heavy (non-hydrogen) atoms. The first kappa shape index (κ1) is 11.5. The van der Waals surface area contributed by atoms with E-state index in [1.807, 2.05) is 24.3 Å². The van der Waals surface area contributed by atoms with Gasteiger partial charge in [-0.1, -0.05) is 29.8 Å². The van der Waals surface area contributed by atoms with Gasteiger partial charge in [0.2, 0.25) is 5.91 Å². The van der Waals surface area contributed by atoms with Crippen LogP contribution in [-0.2, 0) is 11.2 Å². The third-order valence-corrected chi connectivity index (χ3v) is 2.31. The van der Waals surface area contributed by atoms with Gasteiger partial charge in [0.15, 0.2) is 0 Å². The molecule has 3 nitrogen and oxygen atoms in total. The summed E-state index contributed by atoms with van der Waals surface area (Å²) in [6.07, 6.45) is 0.947. The van der Waals surface area contributed by atoms with E-state index in [0.29, 0.717) is 17.9 Å². The number of aryl methyl sites for hydroxylation is 1. The Kier molecular flexibility index (Phi) is 4.65. The summed E-state index contributed by atoms with van der Waals surface area (Å²) in [5, 5.41) is 11.4. The molecule has 0 unspecified atom stereocenters. The van der Waals surface area contributed by atoms with Crippen LogP contribution in [0, 0.1) is 11.3 Å². The molecular weight excluding hydrogens is 212 g/mol. The first-order valence-electron chi connectivity index (χ1n) is 4.61. The highest BCUT2D eigenvalue weighted by Crippen LogP contribution is 2.16. The molecule has 0 aromatic heterocycles. The minimum atomic E-state index is -0.128. The molecule has 1 N–H and O–H groups in total. The zero-order chi connectivity index (χ0) is 11.1. The van der Waals surface area contributed by atoms with E-state index >= 15 is 0 Å². The maximum atomic E-state index is 11.2. The van der Waals surface area contributed by atoms with Crippen LogP contribution in [0.25, 0.3) is 0 Å². The van der Waals surface area contributed by atoms with Crippen molar-refractivity contribution >= 4 is 17.5 Å². The standard InChI is InChI=1S/C11H11ClN2O/c12-10-4-2-1-3-9(10)5-6-11(15)14-8-7-13/h1-4H,5-6,8H2,(H,14,15). The van der Waals surface area contributed by atoms with Crippen LogP contribution in [0.2, 0.25) is 5.02 Å². The fourth-order valence-corrected chi connectivity index (χ4v) is 1.41. The van der Waals surface area contributed by atoms with Crippen LogP contribution in [0.1, 0.15) is 12.0 Å². The van der Waals surface area contributed by atoms with Crippen LogP contribution >= 0.6 is 11.6 Å². The van der Waals surface area contributed by atoms with Gasteiger partial charge in [0.25, 0.3) is 0 Å². The van der Waals surface area contributed by atoms with Crippen LogP contribution in [0.15, 0.2) is 24.3 Å². The number of nitriles is 1. The maximum absolute atomic E-state index is 11.2. The van der Waals surface area contributed by atoms with Crippen LogP contribution < -0.4 is 5.32 Å². The SMILES string of the molecule is N#CCNC(=O)CCc1ccccc1Cl. The number of nitrogens with zero attached hydrogens (tertiary/aromatic N) is 1. The average molecular weight is 223 g/mol. The molecule has 1 aromatic rings. The van der Waals surface area contributed by atoms with Crippen LogP contribution in [-0.4, -0.2) is 12.5 Å². The molecule has 0 heterocycles. The van der Waals surface area contributed by atoms with Gasteiger partial charge >= 0.3 is 0 Å². The zero-order valence-corrected chi connectivity index (χ0v) is 8.92. The summed E-state index contributed by atoms with van der Waals surface area (Å²) in [4.78, 5) is 11.2. The summed E-state index contributed by atoms with van der Waals surface area (Å²) < 4.78 is 0. The van der Waals surface area contributed by atoms with Gasteiger partial charge in [-0.15, -0.1) is 0 Å². The van der Waals surface area contributed by atoms with Crippen molar-refractivity contribution in [3.8, 4) is 6.07 Å². The molecule has 0 bridgehead atoms. The van der Waals surface area contributed by atoms with Gasteiger partial charge in [-0.2, -0.15) is 5.26 Å². The van der Waals surface area contributed by atoms with E-state index in [9.17, 15) is 4.79 Å². The largest absolute Gasteiger partial charge is 0.343 e.